The molecule has 2 unspecified atom stereocenters. The first-order chi connectivity index (χ1) is 15.3. The van der Waals surface area contributed by atoms with Crippen molar-refractivity contribution in [2.75, 3.05) is 6.61 Å². The Hall–Kier alpha value is -2.00. The van der Waals surface area contributed by atoms with E-state index in [1.165, 1.54) is 55.2 Å². The van der Waals surface area contributed by atoms with Crippen LogP contribution in [0.5, 0.6) is 11.5 Å². The van der Waals surface area contributed by atoms with Gasteiger partial charge in [-0.15, -0.1) is 0 Å². The van der Waals surface area contributed by atoms with Crippen molar-refractivity contribution < 1.29 is 9.47 Å². The topological polar surface area (TPSA) is 30.5 Å². The SMILES string of the molecule is CCOc1cc(CNC23CC4C[C@@](C)(C2)C[C@](C)(C4)C3)ccc1OCc1cccc(C)c1. The first-order valence-corrected chi connectivity index (χ1v) is 12.5. The van der Waals surface area contributed by atoms with Crippen LogP contribution in [0.2, 0.25) is 0 Å². The smallest absolute Gasteiger partial charge is 0.161 e. The molecule has 172 valence electrons. The van der Waals surface area contributed by atoms with Gasteiger partial charge in [0, 0.05) is 12.1 Å². The van der Waals surface area contributed by atoms with Gasteiger partial charge in [0.15, 0.2) is 11.5 Å². The van der Waals surface area contributed by atoms with Crippen LogP contribution in [0.4, 0.5) is 0 Å². The van der Waals surface area contributed by atoms with Gasteiger partial charge in [-0.05, 0) is 92.4 Å². The molecule has 0 amide bonds. The Bertz CT molecular complexity index is 965. The van der Waals surface area contributed by atoms with Crippen molar-refractivity contribution in [3.63, 3.8) is 0 Å². The fourth-order valence-electron chi connectivity index (χ4n) is 7.95. The van der Waals surface area contributed by atoms with E-state index in [0.717, 1.165) is 24.0 Å². The molecule has 3 heteroatoms. The molecule has 1 N–H and O–H groups in total. The van der Waals surface area contributed by atoms with Gasteiger partial charge < -0.3 is 14.8 Å². The lowest BCUT2D eigenvalue weighted by Crippen LogP contribution is -2.63. The van der Waals surface area contributed by atoms with Gasteiger partial charge in [0.2, 0.25) is 0 Å². The lowest BCUT2D eigenvalue weighted by atomic mass is 9.43. The predicted octanol–water partition coefficient (Wildman–Crippen LogP) is 6.81. The van der Waals surface area contributed by atoms with Crippen LogP contribution in [0.1, 0.15) is 76.0 Å². The summed E-state index contributed by atoms with van der Waals surface area (Å²) in [6, 6.07) is 14.9. The summed E-state index contributed by atoms with van der Waals surface area (Å²) < 4.78 is 12.1. The Kier molecular flexibility index (Phi) is 5.52. The molecule has 0 aromatic heterocycles. The highest BCUT2D eigenvalue weighted by Gasteiger charge is 2.59. The standard InChI is InChI=1S/C29H39NO2/c1-5-31-26-12-22(9-10-25(26)32-17-23-8-6-7-21(2)11-23)16-30-29-15-24-13-27(3,19-29)18-28(4,14-24)20-29/h6-12,24,30H,5,13-20H2,1-4H3/t24?,27-,28+,29?. The zero-order valence-electron chi connectivity index (χ0n) is 20.3. The highest BCUT2D eigenvalue weighted by molar-refractivity contribution is 5.43. The molecule has 0 aliphatic heterocycles. The molecule has 4 saturated carbocycles. The van der Waals surface area contributed by atoms with Gasteiger partial charge >= 0.3 is 0 Å². The van der Waals surface area contributed by atoms with E-state index in [9.17, 15) is 0 Å². The van der Waals surface area contributed by atoms with E-state index in [2.05, 4.69) is 68.6 Å². The van der Waals surface area contributed by atoms with Crippen LogP contribution in [0.15, 0.2) is 42.5 Å². The van der Waals surface area contributed by atoms with Crippen LogP contribution in [-0.4, -0.2) is 12.1 Å². The molecule has 0 saturated heterocycles. The fraction of sp³-hybridized carbons (Fsp3) is 0.586. The average molecular weight is 434 g/mol. The van der Waals surface area contributed by atoms with E-state index < -0.39 is 0 Å². The molecule has 4 atom stereocenters. The van der Waals surface area contributed by atoms with E-state index in [0.29, 0.717) is 29.6 Å². The summed E-state index contributed by atoms with van der Waals surface area (Å²) in [5, 5.41) is 4.05. The normalized spacial score (nSPS) is 32.8. The van der Waals surface area contributed by atoms with E-state index in [1.807, 2.05) is 6.92 Å². The minimum atomic E-state index is 0.315. The van der Waals surface area contributed by atoms with Crippen LogP contribution in [-0.2, 0) is 13.2 Å². The molecule has 0 heterocycles. The first kappa shape index (κ1) is 21.8. The molecule has 32 heavy (non-hydrogen) atoms. The maximum absolute atomic E-state index is 6.15. The van der Waals surface area contributed by atoms with Gasteiger partial charge in [0.1, 0.15) is 6.61 Å². The predicted molar refractivity (Wildman–Crippen MR) is 130 cm³/mol. The van der Waals surface area contributed by atoms with Gasteiger partial charge in [0.05, 0.1) is 6.61 Å². The molecular formula is C29H39NO2. The molecule has 2 aromatic carbocycles. The largest absolute Gasteiger partial charge is 0.490 e. The Morgan fingerprint density at radius 1 is 0.875 bits per heavy atom. The molecule has 4 aliphatic carbocycles. The number of benzene rings is 2. The first-order valence-electron chi connectivity index (χ1n) is 12.5. The number of aryl methyl sites for hydroxylation is 1. The minimum absolute atomic E-state index is 0.315. The van der Waals surface area contributed by atoms with Gasteiger partial charge in [-0.2, -0.15) is 0 Å². The van der Waals surface area contributed by atoms with Crippen molar-refractivity contribution in [1.82, 2.24) is 5.32 Å². The number of rotatable bonds is 8. The Morgan fingerprint density at radius 3 is 2.34 bits per heavy atom. The van der Waals surface area contributed by atoms with Crippen LogP contribution >= 0.6 is 0 Å². The number of ether oxygens (including phenoxy) is 2. The molecule has 4 aliphatic rings. The monoisotopic (exact) mass is 433 g/mol. The molecule has 0 spiro atoms. The van der Waals surface area contributed by atoms with E-state index in [4.69, 9.17) is 9.47 Å². The second-order valence-corrected chi connectivity index (χ2v) is 11.8. The second kappa shape index (κ2) is 8.09. The Labute approximate surface area is 193 Å². The fourth-order valence-corrected chi connectivity index (χ4v) is 7.95. The molecule has 2 aromatic rings. The summed E-state index contributed by atoms with van der Waals surface area (Å²) in [5.41, 5.74) is 5.10. The van der Waals surface area contributed by atoms with Crippen molar-refractivity contribution in [3.8, 4) is 11.5 Å². The van der Waals surface area contributed by atoms with Crippen LogP contribution in [0.3, 0.4) is 0 Å². The third-order valence-corrected chi connectivity index (χ3v) is 8.08. The van der Waals surface area contributed by atoms with E-state index >= 15 is 0 Å². The molecule has 4 bridgehead atoms. The molecular weight excluding hydrogens is 394 g/mol. The summed E-state index contributed by atoms with van der Waals surface area (Å²) in [7, 11) is 0. The highest BCUT2D eigenvalue weighted by Crippen LogP contribution is 2.66. The minimum Gasteiger partial charge on any atom is -0.490 e. The Balaban J connectivity index is 1.28. The van der Waals surface area contributed by atoms with Gasteiger partial charge in [-0.3, -0.25) is 0 Å². The quantitative estimate of drug-likeness (QED) is 0.496. The van der Waals surface area contributed by atoms with E-state index in [1.54, 1.807) is 0 Å². The third-order valence-electron chi connectivity index (χ3n) is 8.08. The summed E-state index contributed by atoms with van der Waals surface area (Å²) >= 11 is 0. The highest BCUT2D eigenvalue weighted by atomic mass is 16.5. The van der Waals surface area contributed by atoms with Crippen LogP contribution in [0, 0.1) is 23.7 Å². The van der Waals surface area contributed by atoms with Crippen molar-refractivity contribution in [1.29, 1.82) is 0 Å². The molecule has 3 nitrogen and oxygen atoms in total. The number of hydrogen-bond acceptors (Lipinski definition) is 3. The summed E-state index contributed by atoms with van der Waals surface area (Å²) in [6.07, 6.45) is 8.32. The molecule has 4 fully saturated rings. The maximum Gasteiger partial charge on any atom is 0.161 e. The van der Waals surface area contributed by atoms with Gasteiger partial charge in [0.25, 0.3) is 0 Å². The zero-order chi connectivity index (χ0) is 22.4. The van der Waals surface area contributed by atoms with Gasteiger partial charge in [-0.25, -0.2) is 0 Å². The van der Waals surface area contributed by atoms with Gasteiger partial charge in [-0.1, -0.05) is 49.7 Å². The van der Waals surface area contributed by atoms with E-state index in [-0.39, 0.29) is 0 Å². The molecule has 0 radical (unpaired) electrons. The third kappa shape index (κ3) is 4.41. The summed E-state index contributed by atoms with van der Waals surface area (Å²) in [4.78, 5) is 0. The Morgan fingerprint density at radius 2 is 1.66 bits per heavy atom. The van der Waals surface area contributed by atoms with Crippen molar-refractivity contribution in [2.45, 2.75) is 84.9 Å². The van der Waals surface area contributed by atoms with Crippen molar-refractivity contribution >= 4 is 0 Å². The maximum atomic E-state index is 6.15. The molecule has 6 rings (SSSR count). The zero-order valence-corrected chi connectivity index (χ0v) is 20.3. The number of nitrogens with one attached hydrogen (secondary N) is 1. The van der Waals surface area contributed by atoms with Crippen LogP contribution in [0.25, 0.3) is 0 Å². The summed E-state index contributed by atoms with van der Waals surface area (Å²) in [6.45, 7) is 11.3. The second-order valence-electron chi connectivity index (χ2n) is 11.8. The summed E-state index contributed by atoms with van der Waals surface area (Å²) in [5.74, 6) is 2.58. The lowest BCUT2D eigenvalue weighted by molar-refractivity contribution is -0.118. The van der Waals surface area contributed by atoms with Crippen molar-refractivity contribution in [3.05, 3.63) is 59.2 Å². The lowest BCUT2D eigenvalue weighted by Gasteiger charge is -2.65. The number of hydrogen-bond donors (Lipinski definition) is 1. The van der Waals surface area contributed by atoms with Crippen molar-refractivity contribution in [2.24, 2.45) is 16.7 Å². The van der Waals surface area contributed by atoms with Crippen LogP contribution < -0.4 is 14.8 Å². The average Bonchev–Trinajstić information content (AvgIpc) is 2.69.